The number of aliphatic carboxylic acids is 1. The van der Waals surface area contributed by atoms with Gasteiger partial charge in [0.1, 0.15) is 18.3 Å². The molecule has 0 rings (SSSR count). The lowest BCUT2D eigenvalue weighted by molar-refractivity contribution is -0.135. The minimum atomic E-state index is -4.74. The van der Waals surface area contributed by atoms with Gasteiger partial charge in [-0.25, -0.2) is 4.57 Å². The molecule has 0 saturated heterocycles. The third-order valence-electron chi connectivity index (χ3n) is 1.47. The number of carboxylic acids is 1. The van der Waals surface area contributed by atoms with Gasteiger partial charge in [0.2, 0.25) is 0 Å². The molecule has 0 bridgehead atoms. The molecule has 114 valence electrons. The summed E-state index contributed by atoms with van der Waals surface area (Å²) in [6.45, 7) is -1.17. The van der Waals surface area contributed by atoms with E-state index in [1.54, 1.807) is 0 Å². The first-order valence-corrected chi connectivity index (χ1v) is 6.19. The first-order valence-electron chi connectivity index (χ1n) is 4.66. The zero-order chi connectivity index (χ0) is 15.6. The van der Waals surface area contributed by atoms with Gasteiger partial charge in [0.05, 0.1) is 13.2 Å². The maximum absolute atomic E-state index is 10.1. The van der Waals surface area contributed by atoms with Crippen molar-refractivity contribution in [2.45, 2.75) is 18.3 Å². The Morgan fingerprint density at radius 2 is 1.74 bits per heavy atom. The summed E-state index contributed by atoms with van der Waals surface area (Å²) in [4.78, 5) is 35.6. The van der Waals surface area contributed by atoms with E-state index in [0.29, 0.717) is 0 Å². The molecule has 0 aliphatic carbocycles. The van der Waals surface area contributed by atoms with Crippen molar-refractivity contribution in [3.05, 3.63) is 0 Å². The second-order valence-electron chi connectivity index (χ2n) is 3.07. The third-order valence-corrected chi connectivity index (χ3v) is 1.96. The number of aldehydes is 1. The van der Waals surface area contributed by atoms with Crippen molar-refractivity contribution in [2.24, 2.45) is 5.73 Å². The molecule has 0 amide bonds. The van der Waals surface area contributed by atoms with Gasteiger partial charge in [-0.05, 0) is 0 Å². The van der Waals surface area contributed by atoms with Crippen molar-refractivity contribution in [1.82, 2.24) is 0 Å². The molecule has 0 aromatic heterocycles. The average molecular weight is 305 g/mol. The Morgan fingerprint density at radius 1 is 1.32 bits per heavy atom. The first-order chi connectivity index (χ1) is 8.55. The lowest BCUT2D eigenvalue weighted by Gasteiger charge is -2.19. The Labute approximate surface area is 107 Å². The van der Waals surface area contributed by atoms with Crippen LogP contribution in [0.2, 0.25) is 0 Å². The van der Waals surface area contributed by atoms with Crippen LogP contribution in [0.4, 0.5) is 0 Å². The lowest BCUT2D eigenvalue weighted by atomic mass is 10.1. The number of nitrogens with two attached hydrogens (primary N) is 1. The number of aliphatic hydroxyl groups excluding tert-OH is 3. The molecule has 0 fully saturated rings. The van der Waals surface area contributed by atoms with Crippen molar-refractivity contribution in [1.29, 1.82) is 0 Å². The minimum absolute atomic E-state index is 0.0225. The molecule has 0 aliphatic rings. The fourth-order valence-corrected chi connectivity index (χ4v) is 0.927. The normalized spacial score (nSPS) is 15.7. The number of phosphoric acid groups is 1. The van der Waals surface area contributed by atoms with Gasteiger partial charge in [-0.1, -0.05) is 0 Å². The molecule has 0 radical (unpaired) electrons. The van der Waals surface area contributed by atoms with Crippen LogP contribution in [0.5, 0.6) is 0 Å². The Kier molecular flexibility index (Phi) is 10.7. The van der Waals surface area contributed by atoms with E-state index in [2.05, 4.69) is 10.3 Å². The highest BCUT2D eigenvalue weighted by Gasteiger charge is 2.27. The highest BCUT2D eigenvalue weighted by Crippen LogP contribution is 2.35. The Morgan fingerprint density at radius 3 is 2.00 bits per heavy atom. The molecule has 11 nitrogen and oxygen atoms in total. The highest BCUT2D eigenvalue weighted by molar-refractivity contribution is 7.46. The topological polar surface area (TPSA) is 208 Å². The van der Waals surface area contributed by atoms with Crippen LogP contribution in [0.15, 0.2) is 0 Å². The zero-order valence-electron chi connectivity index (χ0n) is 9.56. The van der Waals surface area contributed by atoms with Crippen LogP contribution in [0.25, 0.3) is 0 Å². The molecular weight excluding hydrogens is 289 g/mol. The molecule has 3 atom stereocenters. The summed E-state index contributed by atoms with van der Waals surface area (Å²) in [5, 5.41) is 34.2. The number of rotatable bonds is 7. The molecule has 0 aromatic carbocycles. The molecule has 0 aromatic rings. The number of aliphatic hydroxyl groups is 3. The summed E-state index contributed by atoms with van der Waals surface area (Å²) < 4.78 is 14.0. The number of carbonyl (C=O) groups is 2. The molecule has 0 aliphatic heterocycles. The number of carbonyl (C=O) groups excluding carboxylic acids is 1. The number of phosphoric ester groups is 1. The third kappa shape index (κ3) is 13.3. The summed E-state index contributed by atoms with van der Waals surface area (Å²) in [5.41, 5.74) is 4.57. The SMILES string of the molecule is NCC(=O)O.O=C[C@H](O)[C@H](O)[C@H](O)COP(=O)(O)O. The van der Waals surface area contributed by atoms with Gasteiger partial charge >= 0.3 is 13.8 Å². The van der Waals surface area contributed by atoms with Crippen LogP contribution >= 0.6 is 7.82 Å². The first kappa shape index (κ1) is 20.4. The smallest absolute Gasteiger partial charge is 0.469 e. The predicted molar refractivity (Wildman–Crippen MR) is 58.8 cm³/mol. The van der Waals surface area contributed by atoms with Gasteiger partial charge in [0.15, 0.2) is 6.29 Å². The number of carboxylic acid groups (broad SMARTS) is 1. The van der Waals surface area contributed by atoms with E-state index < -0.39 is 38.7 Å². The average Bonchev–Trinajstić information content (AvgIpc) is 2.33. The number of hydrogen-bond acceptors (Lipinski definition) is 8. The van der Waals surface area contributed by atoms with Crippen molar-refractivity contribution in [3.63, 3.8) is 0 Å². The largest absolute Gasteiger partial charge is 0.480 e. The summed E-state index contributed by atoms with van der Waals surface area (Å²) in [7, 11) is -4.74. The van der Waals surface area contributed by atoms with Gasteiger partial charge in [-0.15, -0.1) is 0 Å². The van der Waals surface area contributed by atoms with Crippen LogP contribution in [0.3, 0.4) is 0 Å². The van der Waals surface area contributed by atoms with Crippen LogP contribution in [0.1, 0.15) is 0 Å². The molecule has 8 N–H and O–H groups in total. The quantitative estimate of drug-likeness (QED) is 0.180. The molecule has 0 heterocycles. The monoisotopic (exact) mass is 305 g/mol. The molecule has 0 spiro atoms. The lowest BCUT2D eigenvalue weighted by Crippen LogP contribution is -2.40. The summed E-state index contributed by atoms with van der Waals surface area (Å²) in [5.74, 6) is -0.968. The van der Waals surface area contributed by atoms with Crippen LogP contribution in [-0.2, 0) is 18.7 Å². The van der Waals surface area contributed by atoms with E-state index in [0.717, 1.165) is 0 Å². The van der Waals surface area contributed by atoms with E-state index in [1.165, 1.54) is 0 Å². The van der Waals surface area contributed by atoms with Crippen molar-refractivity contribution in [3.8, 4) is 0 Å². The van der Waals surface area contributed by atoms with Crippen LogP contribution in [-0.4, -0.2) is 73.9 Å². The molecule has 19 heavy (non-hydrogen) atoms. The Balaban J connectivity index is 0. The second-order valence-corrected chi connectivity index (χ2v) is 4.31. The van der Waals surface area contributed by atoms with Crippen LogP contribution < -0.4 is 5.73 Å². The Hall–Kier alpha value is -0.910. The maximum Gasteiger partial charge on any atom is 0.469 e. The second kappa shape index (κ2) is 9.95. The molecule has 12 heteroatoms. The summed E-state index contributed by atoms with van der Waals surface area (Å²) in [6, 6.07) is 0. The summed E-state index contributed by atoms with van der Waals surface area (Å²) >= 11 is 0. The highest BCUT2D eigenvalue weighted by atomic mass is 31.2. The molecular formula is C7H16NO10P. The van der Waals surface area contributed by atoms with Gasteiger partial charge in [-0.3, -0.25) is 9.32 Å². The van der Waals surface area contributed by atoms with Gasteiger partial charge in [0, 0.05) is 0 Å². The van der Waals surface area contributed by atoms with Crippen molar-refractivity contribution in [2.75, 3.05) is 13.2 Å². The maximum atomic E-state index is 10.1. The van der Waals surface area contributed by atoms with E-state index in [9.17, 15) is 14.2 Å². The fraction of sp³-hybridized carbons (Fsp3) is 0.714. The number of hydrogen-bond donors (Lipinski definition) is 7. The summed E-state index contributed by atoms with van der Waals surface area (Å²) in [6.07, 6.45) is -5.46. The minimum Gasteiger partial charge on any atom is -0.480 e. The Bertz CT molecular complexity index is 317. The van der Waals surface area contributed by atoms with E-state index in [-0.39, 0.29) is 12.8 Å². The van der Waals surface area contributed by atoms with Crippen molar-refractivity contribution < 1.29 is 48.9 Å². The molecule has 0 unspecified atom stereocenters. The van der Waals surface area contributed by atoms with Gasteiger partial charge in [-0.2, -0.15) is 0 Å². The van der Waals surface area contributed by atoms with E-state index in [1.807, 2.05) is 0 Å². The van der Waals surface area contributed by atoms with Crippen molar-refractivity contribution >= 4 is 20.1 Å². The van der Waals surface area contributed by atoms with E-state index >= 15 is 0 Å². The fourth-order valence-electron chi connectivity index (χ4n) is 0.580. The van der Waals surface area contributed by atoms with E-state index in [4.69, 9.17) is 30.2 Å². The molecule has 0 saturated carbocycles. The predicted octanol–water partition coefficient (Wildman–Crippen LogP) is -3.59. The standard InChI is InChI=1S/C5H11O8P.C2H5NO2/c6-1-3(7)5(9)4(8)2-13-14(10,11)12;3-1-2(4)5/h1,3-5,7-9H,2H2,(H2,10,11,12);1,3H2,(H,4,5)/t3-,4+,5-;/m0./s1. The van der Waals surface area contributed by atoms with Crippen LogP contribution in [0, 0.1) is 0 Å². The van der Waals surface area contributed by atoms with Gasteiger partial charge < -0.3 is 40.7 Å². The van der Waals surface area contributed by atoms with Gasteiger partial charge in [0.25, 0.3) is 0 Å². The zero-order valence-corrected chi connectivity index (χ0v) is 10.5.